The van der Waals surface area contributed by atoms with E-state index in [0.717, 1.165) is 33.8 Å². The van der Waals surface area contributed by atoms with Gasteiger partial charge in [-0.25, -0.2) is 0 Å². The molecule has 0 aromatic heterocycles. The van der Waals surface area contributed by atoms with Gasteiger partial charge in [-0.2, -0.15) is 0 Å². The molecule has 0 radical (unpaired) electrons. The fraction of sp³-hybridized carbons (Fsp3) is 0.488. The number of fused-ring (bicyclic) bond motifs is 2. The van der Waals surface area contributed by atoms with Crippen molar-refractivity contribution in [1.82, 2.24) is 24.9 Å². The molecule has 4 amide bonds. The lowest BCUT2D eigenvalue weighted by molar-refractivity contribution is -0.146. The summed E-state index contributed by atoms with van der Waals surface area (Å²) in [5.41, 5.74) is 3.70. The summed E-state index contributed by atoms with van der Waals surface area (Å²) in [6.45, 7) is 8.87. The van der Waals surface area contributed by atoms with Gasteiger partial charge in [0.2, 0.25) is 23.6 Å². The molecule has 2 atom stereocenters. The van der Waals surface area contributed by atoms with E-state index < -0.39 is 6.04 Å². The Hall–Kier alpha value is -4.90. The van der Waals surface area contributed by atoms with Crippen LogP contribution in [-0.2, 0) is 45.2 Å². The summed E-state index contributed by atoms with van der Waals surface area (Å²) in [6.07, 6.45) is 2.22. The molecule has 1 N–H and O–H groups in total. The molecular weight excluding hydrogens is 683 g/mol. The maximum atomic E-state index is 14.5. The van der Waals surface area contributed by atoms with Crippen molar-refractivity contribution in [2.24, 2.45) is 5.41 Å². The fourth-order valence-electron chi connectivity index (χ4n) is 8.04. The number of piperidine rings is 1. The first kappa shape index (κ1) is 38.8. The molecule has 288 valence electrons. The Morgan fingerprint density at radius 2 is 1.43 bits per heavy atom. The summed E-state index contributed by atoms with van der Waals surface area (Å²) >= 11 is 0. The minimum Gasteiger partial charge on any atom is -0.497 e. The van der Waals surface area contributed by atoms with E-state index in [0.29, 0.717) is 58.4 Å². The normalized spacial score (nSPS) is 20.2. The molecule has 0 unspecified atom stereocenters. The first-order valence-corrected chi connectivity index (χ1v) is 19.1. The summed E-state index contributed by atoms with van der Waals surface area (Å²) < 4.78 is 11.1. The second kappa shape index (κ2) is 17.1. The monoisotopic (exact) mass is 737 g/mol. The highest BCUT2D eigenvalue weighted by Gasteiger charge is 2.43. The number of hydrogen-bond acceptors (Lipinski definition) is 7. The van der Waals surface area contributed by atoms with Crippen LogP contribution in [-0.4, -0.2) is 102 Å². The lowest BCUT2D eigenvalue weighted by Crippen LogP contribution is -2.54. The van der Waals surface area contributed by atoms with E-state index in [9.17, 15) is 19.2 Å². The summed E-state index contributed by atoms with van der Waals surface area (Å²) in [5, 5.41) is 3.11. The average molecular weight is 738 g/mol. The van der Waals surface area contributed by atoms with Gasteiger partial charge >= 0.3 is 0 Å². The molecule has 11 heteroatoms. The number of nitrogens with one attached hydrogen (secondary N) is 1. The highest BCUT2D eigenvalue weighted by Crippen LogP contribution is 2.30. The summed E-state index contributed by atoms with van der Waals surface area (Å²) in [7, 11) is 3.30. The summed E-state index contributed by atoms with van der Waals surface area (Å²) in [5.74, 6) is 1.08. The molecule has 0 aliphatic carbocycles. The van der Waals surface area contributed by atoms with Crippen LogP contribution in [0, 0.1) is 5.41 Å². The predicted octanol–water partition coefficient (Wildman–Crippen LogP) is 4.80. The first-order chi connectivity index (χ1) is 25.9. The molecular formula is C43H55N5O6. The minimum absolute atomic E-state index is 0.116. The lowest BCUT2D eigenvalue weighted by Gasteiger charge is -2.40. The number of hydrogen-bond donors (Lipinski definition) is 1. The van der Waals surface area contributed by atoms with E-state index >= 15 is 0 Å². The Kier molecular flexibility index (Phi) is 12.3. The molecule has 3 heterocycles. The highest BCUT2D eigenvalue weighted by atomic mass is 16.5. The van der Waals surface area contributed by atoms with E-state index in [1.165, 1.54) is 0 Å². The van der Waals surface area contributed by atoms with Gasteiger partial charge in [-0.1, -0.05) is 69.3 Å². The highest BCUT2D eigenvalue weighted by molar-refractivity contribution is 5.91. The van der Waals surface area contributed by atoms with E-state index in [1.54, 1.807) is 24.0 Å². The van der Waals surface area contributed by atoms with Crippen LogP contribution in [0.2, 0.25) is 0 Å². The summed E-state index contributed by atoms with van der Waals surface area (Å²) in [6, 6.07) is 22.5. The van der Waals surface area contributed by atoms with E-state index in [-0.39, 0.29) is 60.6 Å². The van der Waals surface area contributed by atoms with Crippen LogP contribution in [0.15, 0.2) is 72.8 Å². The zero-order chi connectivity index (χ0) is 38.4. The van der Waals surface area contributed by atoms with Gasteiger partial charge in [0.05, 0.1) is 20.6 Å². The molecule has 11 nitrogen and oxygen atoms in total. The number of ether oxygens (including phenoxy) is 2. The zero-order valence-corrected chi connectivity index (χ0v) is 32.4. The number of rotatable bonds is 9. The van der Waals surface area contributed by atoms with E-state index in [2.05, 4.69) is 43.1 Å². The van der Waals surface area contributed by atoms with Crippen molar-refractivity contribution in [2.45, 2.75) is 90.6 Å². The van der Waals surface area contributed by atoms with Gasteiger partial charge in [-0.05, 0) is 71.2 Å². The van der Waals surface area contributed by atoms with Gasteiger partial charge < -0.3 is 29.5 Å². The second-order valence-electron chi connectivity index (χ2n) is 16.1. The van der Waals surface area contributed by atoms with Gasteiger partial charge in [0.25, 0.3) is 0 Å². The van der Waals surface area contributed by atoms with Crippen LogP contribution < -0.4 is 14.8 Å². The van der Waals surface area contributed by atoms with Crippen molar-refractivity contribution < 1.29 is 28.7 Å². The zero-order valence-electron chi connectivity index (χ0n) is 32.4. The Morgan fingerprint density at radius 3 is 2.02 bits per heavy atom. The molecule has 54 heavy (non-hydrogen) atoms. The lowest BCUT2D eigenvalue weighted by atomic mass is 9.91. The molecule has 3 aliphatic heterocycles. The molecule has 0 spiro atoms. The average Bonchev–Trinajstić information content (AvgIpc) is 3.61. The number of methoxy groups -OCH3 is 2. The van der Waals surface area contributed by atoms with Crippen LogP contribution in [0.4, 0.5) is 0 Å². The van der Waals surface area contributed by atoms with Crippen molar-refractivity contribution in [3.63, 3.8) is 0 Å². The first-order valence-electron chi connectivity index (χ1n) is 19.1. The minimum atomic E-state index is -0.707. The Bertz CT molecular complexity index is 1770. The van der Waals surface area contributed by atoms with E-state index in [1.807, 2.05) is 65.6 Å². The van der Waals surface area contributed by atoms with Crippen LogP contribution in [0.5, 0.6) is 11.5 Å². The Morgan fingerprint density at radius 1 is 0.815 bits per heavy atom. The third-order valence-electron chi connectivity index (χ3n) is 10.9. The largest absolute Gasteiger partial charge is 0.497 e. The predicted molar refractivity (Wildman–Crippen MR) is 207 cm³/mol. The Balaban J connectivity index is 1.28. The third kappa shape index (κ3) is 9.60. The van der Waals surface area contributed by atoms with E-state index in [4.69, 9.17) is 9.47 Å². The molecule has 0 saturated carbocycles. The SMILES string of the molecule is COc1cccc(CN(Cc2cccc(OC)c2)[C@H]2C[C@H]3C(=O)NCc4ccccc4CC(=O)N(C4CCN(C(=O)CC(C)(C)C)CC4)CC(=O)N3C2)c1. The van der Waals surface area contributed by atoms with Crippen molar-refractivity contribution >= 4 is 23.6 Å². The molecule has 6 rings (SSSR count). The maximum Gasteiger partial charge on any atom is 0.243 e. The fourth-order valence-corrected chi connectivity index (χ4v) is 8.04. The standard InChI is InChI=1S/C43H55N5O6/c1-43(2,3)24-40(50)45-18-16-34(17-19-45)47-29-41(51)48-28-35(23-38(48)42(52)44-25-33-13-7-6-12-32(33)22-39(47)49)46(26-30-10-8-14-36(20-30)53-4)27-31-11-9-15-37(21-31)54-5/h6-15,20-21,34-35,38H,16-19,22-29H2,1-5H3,(H,44,52)/t35-,38-/m0/s1. The van der Waals surface area contributed by atoms with Crippen molar-refractivity contribution in [3.05, 3.63) is 95.1 Å². The maximum absolute atomic E-state index is 14.5. The van der Waals surface area contributed by atoms with Crippen LogP contribution in [0.1, 0.15) is 68.7 Å². The second-order valence-corrected chi connectivity index (χ2v) is 16.1. The van der Waals surface area contributed by atoms with Gasteiger partial charge in [-0.3, -0.25) is 24.1 Å². The number of carbonyl (C=O) groups excluding carboxylic acids is 4. The number of amides is 4. The van der Waals surface area contributed by atoms with Crippen LogP contribution in [0.3, 0.4) is 0 Å². The molecule has 3 aromatic rings. The molecule has 2 saturated heterocycles. The van der Waals surface area contributed by atoms with Crippen molar-refractivity contribution in [3.8, 4) is 11.5 Å². The number of nitrogens with zero attached hydrogens (tertiary/aromatic N) is 4. The smallest absolute Gasteiger partial charge is 0.243 e. The summed E-state index contributed by atoms with van der Waals surface area (Å²) in [4.78, 5) is 63.6. The van der Waals surface area contributed by atoms with Crippen molar-refractivity contribution in [2.75, 3.05) is 40.4 Å². The van der Waals surface area contributed by atoms with Crippen LogP contribution in [0.25, 0.3) is 0 Å². The number of benzene rings is 3. The van der Waals surface area contributed by atoms with Gasteiger partial charge in [0.1, 0.15) is 24.1 Å². The number of likely N-dealkylation sites (tertiary alicyclic amines) is 1. The molecule has 0 bridgehead atoms. The molecule has 3 aromatic carbocycles. The third-order valence-corrected chi connectivity index (χ3v) is 10.9. The molecule has 3 aliphatic rings. The topological polar surface area (TPSA) is 112 Å². The Labute approximate surface area is 319 Å². The van der Waals surface area contributed by atoms with Gasteiger partial charge in [0.15, 0.2) is 0 Å². The van der Waals surface area contributed by atoms with Crippen molar-refractivity contribution in [1.29, 1.82) is 0 Å². The number of carbonyl (C=O) groups is 4. The van der Waals surface area contributed by atoms with Crippen LogP contribution >= 0.6 is 0 Å². The van der Waals surface area contributed by atoms with Gasteiger partial charge in [-0.15, -0.1) is 0 Å². The molecule has 2 fully saturated rings. The van der Waals surface area contributed by atoms with Gasteiger partial charge in [0, 0.05) is 57.8 Å². The quantitative estimate of drug-likeness (QED) is 0.336.